The normalized spacial score (nSPS) is 16.3. The highest BCUT2D eigenvalue weighted by atomic mass is 32.2. The molecule has 0 unspecified atom stereocenters. The van der Waals surface area contributed by atoms with Crippen LogP contribution in [0.3, 0.4) is 0 Å². The van der Waals surface area contributed by atoms with Crippen LogP contribution in [0.4, 0.5) is 5.69 Å². The van der Waals surface area contributed by atoms with Crippen LogP contribution >= 0.6 is 11.3 Å². The Morgan fingerprint density at radius 3 is 2.68 bits per heavy atom. The summed E-state index contributed by atoms with van der Waals surface area (Å²) in [6, 6.07) is 4.52. The van der Waals surface area contributed by atoms with Crippen LogP contribution < -0.4 is 5.32 Å². The van der Waals surface area contributed by atoms with Gasteiger partial charge in [0.1, 0.15) is 4.90 Å². The Bertz CT molecular complexity index is 872. The van der Waals surface area contributed by atoms with Crippen LogP contribution in [0.2, 0.25) is 0 Å². The maximum Gasteiger partial charge on any atom is 0.276 e. The summed E-state index contributed by atoms with van der Waals surface area (Å²) >= 11 is 1.06. The predicted octanol–water partition coefficient (Wildman–Crippen LogP) is 1.64. The first kappa shape index (κ1) is 14.5. The Balaban J connectivity index is 2.06. The van der Waals surface area contributed by atoms with Gasteiger partial charge in [0.05, 0.1) is 4.88 Å². The number of nitrogens with one attached hydrogen (secondary N) is 1. The highest BCUT2D eigenvalue weighted by Gasteiger charge is 2.38. The third-order valence-electron chi connectivity index (χ3n) is 3.18. The number of thiophene rings is 1. The van der Waals surface area contributed by atoms with Crippen LogP contribution in [-0.2, 0) is 14.8 Å². The number of likely N-dealkylation sites (N-methyl/N-ethyl adjacent to an activating group) is 1. The lowest BCUT2D eigenvalue weighted by molar-refractivity contribution is -0.113. The number of carbonyl (C=O) groups is 1. The fraction of sp³-hybridized carbons (Fsp3) is 0.0769. The first-order valence-electron chi connectivity index (χ1n) is 6.14. The summed E-state index contributed by atoms with van der Waals surface area (Å²) in [5.74, 6) is -1.07. The van der Waals surface area contributed by atoms with Crippen LogP contribution in [0.25, 0.3) is 5.76 Å². The molecule has 2 N–H and O–H groups in total. The highest BCUT2D eigenvalue weighted by molar-refractivity contribution is 7.89. The molecule has 1 aliphatic rings. The molecule has 9 heteroatoms. The number of hydrogen-bond acceptors (Lipinski definition) is 6. The Labute approximate surface area is 130 Å². The zero-order valence-electron chi connectivity index (χ0n) is 11.3. The van der Waals surface area contributed by atoms with E-state index in [-0.39, 0.29) is 21.2 Å². The standard InChI is InChI=1S/C13H11N3O4S2/c1-16-10(13(18)15-8-2-5-14-6-3-8)11(17)12-9(4-7-21-12)22(16,19)20/h2-7,17H,1H3,(H,14,15,18). The molecule has 0 aromatic carbocycles. The van der Waals surface area contributed by atoms with Crippen molar-refractivity contribution in [2.24, 2.45) is 0 Å². The summed E-state index contributed by atoms with van der Waals surface area (Å²) in [6.07, 6.45) is 2.98. The van der Waals surface area contributed by atoms with Gasteiger partial charge in [-0.25, -0.2) is 8.42 Å². The molecular weight excluding hydrogens is 326 g/mol. The van der Waals surface area contributed by atoms with Crippen LogP contribution in [-0.4, -0.2) is 35.8 Å². The van der Waals surface area contributed by atoms with Gasteiger partial charge in [-0.3, -0.25) is 14.1 Å². The molecule has 0 radical (unpaired) electrons. The largest absolute Gasteiger partial charge is 0.504 e. The molecule has 1 aliphatic heterocycles. The Morgan fingerprint density at radius 1 is 1.32 bits per heavy atom. The van der Waals surface area contributed by atoms with E-state index in [1.165, 1.54) is 25.5 Å². The molecule has 0 saturated heterocycles. The average molecular weight is 337 g/mol. The molecule has 3 heterocycles. The summed E-state index contributed by atoms with van der Waals surface area (Å²) in [6.45, 7) is 0. The van der Waals surface area contributed by atoms with Gasteiger partial charge in [0, 0.05) is 25.1 Å². The van der Waals surface area contributed by atoms with E-state index in [0.717, 1.165) is 15.6 Å². The number of sulfonamides is 1. The summed E-state index contributed by atoms with van der Waals surface area (Å²) in [7, 11) is -2.61. The van der Waals surface area contributed by atoms with Crippen LogP contribution in [0.5, 0.6) is 0 Å². The van der Waals surface area contributed by atoms with Gasteiger partial charge < -0.3 is 10.4 Å². The third kappa shape index (κ3) is 2.14. The van der Waals surface area contributed by atoms with Gasteiger partial charge in [-0.15, -0.1) is 11.3 Å². The maximum absolute atomic E-state index is 12.4. The van der Waals surface area contributed by atoms with E-state index in [9.17, 15) is 18.3 Å². The highest BCUT2D eigenvalue weighted by Crippen LogP contribution is 2.38. The third-order valence-corrected chi connectivity index (χ3v) is 6.03. The second kappa shape index (κ2) is 5.11. The van der Waals surface area contributed by atoms with Crippen molar-refractivity contribution in [1.29, 1.82) is 0 Å². The Kier molecular flexibility index (Phi) is 3.38. The van der Waals surface area contributed by atoms with Gasteiger partial charge in [0.25, 0.3) is 15.9 Å². The number of rotatable bonds is 2. The number of aliphatic hydroxyl groups excluding tert-OH is 1. The number of amides is 1. The quantitative estimate of drug-likeness (QED) is 0.868. The van der Waals surface area contributed by atoms with E-state index in [0.29, 0.717) is 5.69 Å². The summed E-state index contributed by atoms with van der Waals surface area (Å²) in [4.78, 5) is 16.3. The second-order valence-electron chi connectivity index (χ2n) is 4.47. The van der Waals surface area contributed by atoms with Gasteiger partial charge in [-0.2, -0.15) is 0 Å². The Morgan fingerprint density at radius 2 is 2.00 bits per heavy atom. The SMILES string of the molecule is CN1C(C(=O)Nc2ccncc2)=C(O)c2sccc2S1(=O)=O. The molecule has 0 fully saturated rings. The smallest absolute Gasteiger partial charge is 0.276 e. The van der Waals surface area contributed by atoms with Gasteiger partial charge in [0.2, 0.25) is 0 Å². The number of carbonyl (C=O) groups excluding carboxylic acids is 1. The minimum Gasteiger partial charge on any atom is -0.504 e. The number of nitrogens with zero attached hydrogens (tertiary/aromatic N) is 2. The van der Waals surface area contributed by atoms with Crippen molar-refractivity contribution in [1.82, 2.24) is 9.29 Å². The van der Waals surface area contributed by atoms with E-state index >= 15 is 0 Å². The molecule has 2 aromatic heterocycles. The van der Waals surface area contributed by atoms with Crippen molar-refractivity contribution in [3.8, 4) is 0 Å². The predicted molar refractivity (Wildman–Crippen MR) is 81.7 cm³/mol. The minimum absolute atomic E-state index is 0.00189. The maximum atomic E-state index is 12.4. The molecule has 3 rings (SSSR count). The van der Waals surface area contributed by atoms with Gasteiger partial charge in [-0.1, -0.05) is 0 Å². The second-order valence-corrected chi connectivity index (χ2v) is 7.33. The van der Waals surface area contributed by atoms with E-state index < -0.39 is 15.9 Å². The zero-order valence-corrected chi connectivity index (χ0v) is 13.0. The Hall–Kier alpha value is -2.39. The lowest BCUT2D eigenvalue weighted by Crippen LogP contribution is -2.36. The number of pyridine rings is 1. The van der Waals surface area contributed by atoms with Crippen molar-refractivity contribution in [3.05, 3.63) is 46.5 Å². The monoisotopic (exact) mass is 337 g/mol. The van der Waals surface area contributed by atoms with Crippen LogP contribution in [0.1, 0.15) is 4.88 Å². The molecule has 0 aliphatic carbocycles. The minimum atomic E-state index is -3.84. The number of aliphatic hydroxyl groups is 1. The van der Waals surface area contributed by atoms with E-state index in [2.05, 4.69) is 10.3 Å². The topological polar surface area (TPSA) is 99.6 Å². The van der Waals surface area contributed by atoms with Crippen molar-refractivity contribution < 1.29 is 18.3 Å². The van der Waals surface area contributed by atoms with E-state index in [4.69, 9.17) is 0 Å². The molecule has 22 heavy (non-hydrogen) atoms. The molecule has 0 spiro atoms. The molecule has 114 valence electrons. The molecule has 0 atom stereocenters. The first-order chi connectivity index (χ1) is 10.4. The van der Waals surface area contributed by atoms with Crippen LogP contribution in [0.15, 0.2) is 46.6 Å². The molecule has 2 aromatic rings. The molecule has 0 saturated carbocycles. The number of aromatic nitrogens is 1. The molecule has 0 bridgehead atoms. The summed E-state index contributed by atoms with van der Waals surface area (Å²) < 4.78 is 25.5. The summed E-state index contributed by atoms with van der Waals surface area (Å²) in [5, 5.41) is 14.4. The fourth-order valence-corrected chi connectivity index (χ4v) is 4.63. The van der Waals surface area contributed by atoms with Gasteiger partial charge in [-0.05, 0) is 23.6 Å². The number of fused-ring (bicyclic) bond motifs is 1. The van der Waals surface area contributed by atoms with E-state index in [1.807, 2.05) is 0 Å². The van der Waals surface area contributed by atoms with Crippen molar-refractivity contribution in [2.45, 2.75) is 4.90 Å². The lowest BCUT2D eigenvalue weighted by Gasteiger charge is -2.26. The number of anilines is 1. The van der Waals surface area contributed by atoms with E-state index in [1.54, 1.807) is 17.5 Å². The van der Waals surface area contributed by atoms with Gasteiger partial charge >= 0.3 is 0 Å². The molecule has 1 amide bonds. The first-order valence-corrected chi connectivity index (χ1v) is 8.46. The lowest BCUT2D eigenvalue weighted by atomic mass is 10.2. The van der Waals surface area contributed by atoms with Crippen molar-refractivity contribution in [2.75, 3.05) is 12.4 Å². The number of hydrogen-bond donors (Lipinski definition) is 2. The average Bonchev–Trinajstić information content (AvgIpc) is 2.97. The molecule has 7 nitrogen and oxygen atoms in total. The van der Waals surface area contributed by atoms with Crippen molar-refractivity contribution in [3.63, 3.8) is 0 Å². The van der Waals surface area contributed by atoms with Crippen molar-refractivity contribution >= 4 is 38.7 Å². The fourth-order valence-electron chi connectivity index (χ4n) is 2.07. The zero-order chi connectivity index (χ0) is 15.9. The summed E-state index contributed by atoms with van der Waals surface area (Å²) in [5.41, 5.74) is 0.134. The molecular formula is C13H11N3O4S2. The van der Waals surface area contributed by atoms with Crippen LogP contribution in [0, 0.1) is 0 Å². The van der Waals surface area contributed by atoms with Gasteiger partial charge in [0.15, 0.2) is 11.5 Å².